The van der Waals surface area contributed by atoms with E-state index in [0.29, 0.717) is 12.0 Å². The summed E-state index contributed by atoms with van der Waals surface area (Å²) in [7, 11) is 0. The van der Waals surface area contributed by atoms with E-state index >= 15 is 4.79 Å². The summed E-state index contributed by atoms with van der Waals surface area (Å²) in [5.41, 5.74) is -4.90. The summed E-state index contributed by atoms with van der Waals surface area (Å²) in [4.78, 5) is 53.8. The zero-order valence-corrected chi connectivity index (χ0v) is 31.4. The molecule has 2 fully saturated rings. The van der Waals surface area contributed by atoms with Crippen molar-refractivity contribution in [2.24, 2.45) is 40.4 Å². The molecule has 9 atom stereocenters. The number of carbonyl (C=O) groups is 4. The fraction of sp³-hybridized carbons (Fsp3) is 0.800. The Morgan fingerprint density at radius 3 is 2.16 bits per heavy atom. The van der Waals surface area contributed by atoms with Crippen LogP contribution in [0.4, 0.5) is 0 Å². The van der Waals surface area contributed by atoms with Crippen molar-refractivity contribution in [1.29, 1.82) is 0 Å². The molecule has 0 heterocycles. The van der Waals surface area contributed by atoms with E-state index in [0.717, 1.165) is 25.7 Å². The van der Waals surface area contributed by atoms with Crippen LogP contribution in [0.15, 0.2) is 23.3 Å². The first-order valence-corrected chi connectivity index (χ1v) is 18.8. The molecule has 276 valence electrons. The number of carbonyl (C=O) groups excluding carboxylic acids is 4. The number of Topliss-reactive ketones (excluding diaryl/α,β-unsaturated/α-hetero) is 1. The Morgan fingerprint density at radius 2 is 1.59 bits per heavy atom. The smallest absolute Gasteiger partial charge is 0.309 e. The standard InChI is InChI=1S/C40H62O9/c1-10-11-12-13-14-15-16-17-18-19-31(42)49-39-22-26(5)38-21-25(4)35(48-36(45)27(6)24(2)3)40(38,46)33(43)29(23-47-28(7)41)20-30(34(38)44)32(39)37(39,8)9/h20-21,24,26-27,30,32-33,35,43,46H,10-19,22-23H2,1-9H3/t26-,27+,30-,32-,33-,35+,38+,39+,40+/m1/s1. The topological polar surface area (TPSA) is 136 Å². The summed E-state index contributed by atoms with van der Waals surface area (Å²) in [5, 5.41) is 25.0. The first-order chi connectivity index (χ1) is 22.9. The lowest BCUT2D eigenvalue weighted by molar-refractivity contribution is -0.207. The van der Waals surface area contributed by atoms with E-state index in [-0.39, 0.29) is 36.3 Å². The van der Waals surface area contributed by atoms with Gasteiger partial charge in [-0.1, -0.05) is 112 Å². The van der Waals surface area contributed by atoms with Gasteiger partial charge in [0, 0.05) is 30.6 Å². The largest absolute Gasteiger partial charge is 0.461 e. The van der Waals surface area contributed by atoms with E-state index in [1.807, 2.05) is 34.6 Å². The Labute approximate surface area is 293 Å². The Bertz CT molecular complexity index is 1330. The molecule has 0 radical (unpaired) electrons. The fourth-order valence-electron chi connectivity index (χ4n) is 9.40. The minimum Gasteiger partial charge on any atom is -0.461 e. The third kappa shape index (κ3) is 6.80. The second-order valence-corrected chi connectivity index (χ2v) is 16.5. The van der Waals surface area contributed by atoms with Gasteiger partial charge in [0.2, 0.25) is 0 Å². The summed E-state index contributed by atoms with van der Waals surface area (Å²) in [5.74, 6) is -4.18. The molecule has 9 nitrogen and oxygen atoms in total. The van der Waals surface area contributed by atoms with Crippen molar-refractivity contribution < 1.29 is 43.6 Å². The van der Waals surface area contributed by atoms with Crippen molar-refractivity contribution in [3.63, 3.8) is 0 Å². The van der Waals surface area contributed by atoms with Crippen molar-refractivity contribution in [1.82, 2.24) is 0 Å². The SMILES string of the molecule is CCCCCCCCCCCC(=O)O[C@@]12C[C@@H](C)[C@]34C=C(C)[C@H](OC(=O)[C@@H](C)C(C)C)[C@@]3(O)[C@H](O)C(COC(C)=O)=C[C@@H](C4=O)[C@@H]1C2(C)C. The van der Waals surface area contributed by atoms with Gasteiger partial charge in [0.05, 0.1) is 11.3 Å². The summed E-state index contributed by atoms with van der Waals surface area (Å²) >= 11 is 0. The molecule has 0 saturated heterocycles. The normalized spacial score (nSPS) is 34.9. The molecule has 0 aromatic heterocycles. The highest BCUT2D eigenvalue weighted by Crippen LogP contribution is 2.75. The van der Waals surface area contributed by atoms with E-state index in [2.05, 4.69) is 6.92 Å². The number of fused-ring (bicyclic) bond motifs is 3. The van der Waals surface area contributed by atoms with Gasteiger partial charge in [0.25, 0.3) is 0 Å². The van der Waals surface area contributed by atoms with Crippen molar-refractivity contribution in [2.45, 2.75) is 156 Å². The molecule has 4 rings (SSSR count). The number of aliphatic hydroxyl groups excluding tert-OH is 1. The summed E-state index contributed by atoms with van der Waals surface area (Å²) in [6.07, 6.45) is 11.1. The van der Waals surface area contributed by atoms with Gasteiger partial charge in [-0.3, -0.25) is 19.2 Å². The summed E-state index contributed by atoms with van der Waals surface area (Å²) < 4.78 is 17.8. The molecular weight excluding hydrogens is 624 g/mol. The highest BCUT2D eigenvalue weighted by Gasteiger charge is 2.83. The number of rotatable bonds is 16. The lowest BCUT2D eigenvalue weighted by Gasteiger charge is -2.49. The van der Waals surface area contributed by atoms with Crippen LogP contribution in [0.2, 0.25) is 0 Å². The zero-order valence-electron chi connectivity index (χ0n) is 31.4. The third-order valence-electron chi connectivity index (χ3n) is 12.7. The van der Waals surface area contributed by atoms with E-state index in [1.54, 1.807) is 26.0 Å². The third-order valence-corrected chi connectivity index (χ3v) is 12.7. The molecule has 4 aliphatic rings. The average molecular weight is 687 g/mol. The van der Waals surface area contributed by atoms with E-state index in [4.69, 9.17) is 14.2 Å². The number of aliphatic hydroxyl groups is 2. The molecule has 1 spiro atoms. The van der Waals surface area contributed by atoms with Crippen LogP contribution in [0, 0.1) is 40.4 Å². The highest BCUT2D eigenvalue weighted by atomic mass is 16.6. The maximum atomic E-state index is 15.1. The van der Waals surface area contributed by atoms with E-state index < -0.39 is 69.9 Å². The number of unbranched alkanes of at least 4 members (excludes halogenated alkanes) is 8. The number of hydrogen-bond donors (Lipinski definition) is 2. The predicted molar refractivity (Wildman–Crippen MR) is 186 cm³/mol. The molecule has 2 saturated carbocycles. The van der Waals surface area contributed by atoms with Gasteiger partial charge in [-0.15, -0.1) is 0 Å². The van der Waals surface area contributed by atoms with Crippen molar-refractivity contribution in [3.05, 3.63) is 23.3 Å². The first-order valence-electron chi connectivity index (χ1n) is 18.8. The summed E-state index contributed by atoms with van der Waals surface area (Å²) in [6.45, 7) is 16.2. The molecule has 0 aromatic carbocycles. The van der Waals surface area contributed by atoms with Crippen LogP contribution in [0.3, 0.4) is 0 Å². The Morgan fingerprint density at radius 1 is 1.00 bits per heavy atom. The van der Waals surface area contributed by atoms with Gasteiger partial charge >= 0.3 is 17.9 Å². The Hall–Kier alpha value is -2.52. The number of allylic oxidation sites excluding steroid dienone is 1. The number of hydrogen-bond acceptors (Lipinski definition) is 9. The van der Waals surface area contributed by atoms with Crippen LogP contribution in [-0.2, 0) is 33.4 Å². The molecule has 0 amide bonds. The van der Waals surface area contributed by atoms with Crippen LogP contribution in [-0.4, -0.2) is 63.9 Å². The average Bonchev–Trinajstić information content (AvgIpc) is 3.43. The monoisotopic (exact) mass is 686 g/mol. The predicted octanol–water partition coefficient (Wildman–Crippen LogP) is 6.82. The lowest BCUT2D eigenvalue weighted by atomic mass is 9.59. The Balaban J connectivity index is 1.65. The van der Waals surface area contributed by atoms with Crippen LogP contribution >= 0.6 is 0 Å². The molecule has 9 heteroatoms. The quantitative estimate of drug-likeness (QED) is 0.0776. The van der Waals surface area contributed by atoms with Crippen LogP contribution < -0.4 is 0 Å². The maximum absolute atomic E-state index is 15.1. The molecule has 49 heavy (non-hydrogen) atoms. The van der Waals surface area contributed by atoms with Gasteiger partial charge in [-0.2, -0.15) is 0 Å². The minimum absolute atomic E-state index is 0.0393. The number of ether oxygens (including phenoxy) is 3. The maximum Gasteiger partial charge on any atom is 0.309 e. The molecule has 2 bridgehead atoms. The van der Waals surface area contributed by atoms with Gasteiger partial charge in [0.15, 0.2) is 17.5 Å². The minimum atomic E-state index is -2.29. The van der Waals surface area contributed by atoms with Crippen molar-refractivity contribution >= 4 is 23.7 Å². The fourth-order valence-corrected chi connectivity index (χ4v) is 9.40. The molecule has 4 aliphatic carbocycles. The number of esters is 3. The van der Waals surface area contributed by atoms with Crippen molar-refractivity contribution in [2.75, 3.05) is 6.61 Å². The second-order valence-electron chi connectivity index (χ2n) is 16.5. The molecule has 2 N–H and O–H groups in total. The highest BCUT2D eigenvalue weighted by molar-refractivity contribution is 5.96. The molecule has 0 unspecified atom stereocenters. The first kappa shape index (κ1) is 39.3. The van der Waals surface area contributed by atoms with Crippen LogP contribution in [0.5, 0.6) is 0 Å². The van der Waals surface area contributed by atoms with Gasteiger partial charge in [-0.25, -0.2) is 0 Å². The van der Waals surface area contributed by atoms with Crippen LogP contribution in [0.1, 0.15) is 133 Å². The zero-order chi connectivity index (χ0) is 36.5. The molecule has 0 aliphatic heterocycles. The second kappa shape index (κ2) is 15.0. The number of ketones is 1. The Kier molecular flexibility index (Phi) is 12.0. The summed E-state index contributed by atoms with van der Waals surface area (Å²) in [6, 6.07) is 0. The van der Waals surface area contributed by atoms with Crippen molar-refractivity contribution in [3.8, 4) is 0 Å². The van der Waals surface area contributed by atoms with E-state index in [9.17, 15) is 24.6 Å². The molecular formula is C40H62O9. The van der Waals surface area contributed by atoms with E-state index in [1.165, 1.54) is 39.0 Å². The van der Waals surface area contributed by atoms with Gasteiger partial charge < -0.3 is 24.4 Å². The van der Waals surface area contributed by atoms with Gasteiger partial charge in [-0.05, 0) is 42.7 Å². The van der Waals surface area contributed by atoms with Gasteiger partial charge in [0.1, 0.15) is 18.3 Å². The lowest BCUT2D eigenvalue weighted by Crippen LogP contribution is -2.66. The van der Waals surface area contributed by atoms with Crippen LogP contribution in [0.25, 0.3) is 0 Å². The molecule has 0 aromatic rings.